The molecule has 0 aromatic rings. The van der Waals surface area contributed by atoms with Crippen molar-refractivity contribution in [2.24, 2.45) is 5.73 Å². The minimum absolute atomic E-state index is 0.355. The van der Waals surface area contributed by atoms with Crippen LogP contribution >= 0.6 is 0 Å². The van der Waals surface area contributed by atoms with E-state index >= 15 is 0 Å². The molecule has 0 fully saturated rings. The van der Waals surface area contributed by atoms with Crippen LogP contribution < -0.4 is 5.73 Å². The summed E-state index contributed by atoms with van der Waals surface area (Å²) in [6.07, 6.45) is 0. The average molecular weight is 218 g/mol. The highest BCUT2D eigenvalue weighted by molar-refractivity contribution is 5.80. The summed E-state index contributed by atoms with van der Waals surface area (Å²) < 4.78 is 9.83. The molecule has 2 N–H and O–H groups in total. The third-order valence-electron chi connectivity index (χ3n) is 2.02. The Morgan fingerprint density at radius 1 is 1.53 bits per heavy atom. The molecular weight excluding hydrogens is 196 g/mol. The molecular formula is C10H22N2O3. The summed E-state index contributed by atoms with van der Waals surface area (Å²) in [5, 5.41) is 0. The smallest absolute Gasteiger partial charge is 0.327 e. The van der Waals surface area contributed by atoms with E-state index in [2.05, 4.69) is 0 Å². The summed E-state index contributed by atoms with van der Waals surface area (Å²) in [5.41, 5.74) is 4.90. The molecule has 0 aliphatic carbocycles. The van der Waals surface area contributed by atoms with E-state index in [1.807, 2.05) is 11.9 Å². The second-order valence-electron chi connectivity index (χ2n) is 3.87. The summed E-state index contributed by atoms with van der Waals surface area (Å²) in [6.45, 7) is 5.61. The van der Waals surface area contributed by atoms with Crippen molar-refractivity contribution >= 4 is 5.97 Å². The van der Waals surface area contributed by atoms with Gasteiger partial charge >= 0.3 is 5.97 Å². The first kappa shape index (κ1) is 14.3. The van der Waals surface area contributed by atoms with Crippen molar-refractivity contribution in [3.05, 3.63) is 0 Å². The van der Waals surface area contributed by atoms with E-state index in [0.717, 1.165) is 6.54 Å². The maximum atomic E-state index is 11.5. The molecule has 1 unspecified atom stereocenters. The highest BCUT2D eigenvalue weighted by atomic mass is 16.5. The molecule has 0 aromatic heterocycles. The van der Waals surface area contributed by atoms with Crippen LogP contribution in [-0.2, 0) is 14.3 Å². The highest BCUT2D eigenvalue weighted by Crippen LogP contribution is 2.04. The maximum absolute atomic E-state index is 11.5. The Kier molecular flexibility index (Phi) is 6.47. The minimum atomic E-state index is -0.960. The van der Waals surface area contributed by atoms with E-state index in [-0.39, 0.29) is 5.97 Å². The van der Waals surface area contributed by atoms with E-state index in [9.17, 15) is 4.79 Å². The Hall–Kier alpha value is -0.650. The Morgan fingerprint density at radius 3 is 2.60 bits per heavy atom. The van der Waals surface area contributed by atoms with Gasteiger partial charge in [-0.1, -0.05) is 0 Å². The minimum Gasteiger partial charge on any atom is -0.465 e. The number of carbonyl (C=O) groups excluding carboxylic acids is 1. The monoisotopic (exact) mass is 218 g/mol. The third kappa shape index (κ3) is 5.71. The van der Waals surface area contributed by atoms with Crippen molar-refractivity contribution in [2.45, 2.75) is 19.4 Å². The van der Waals surface area contributed by atoms with Gasteiger partial charge in [0.1, 0.15) is 5.54 Å². The number of esters is 1. The molecule has 0 aromatic carbocycles. The zero-order valence-electron chi connectivity index (χ0n) is 10.1. The van der Waals surface area contributed by atoms with Crippen LogP contribution in [0.2, 0.25) is 0 Å². The largest absolute Gasteiger partial charge is 0.465 e. The molecule has 1 atom stereocenters. The second-order valence-corrected chi connectivity index (χ2v) is 3.87. The maximum Gasteiger partial charge on any atom is 0.327 e. The van der Waals surface area contributed by atoms with E-state index in [4.69, 9.17) is 15.2 Å². The lowest BCUT2D eigenvalue weighted by Gasteiger charge is -2.27. The summed E-state index contributed by atoms with van der Waals surface area (Å²) in [5.74, 6) is -0.366. The summed E-state index contributed by atoms with van der Waals surface area (Å²) >= 11 is 0. The zero-order valence-corrected chi connectivity index (χ0v) is 10.1. The molecule has 0 aliphatic heterocycles. The Balaban J connectivity index is 4.05. The van der Waals surface area contributed by atoms with Crippen molar-refractivity contribution in [3.8, 4) is 0 Å². The van der Waals surface area contributed by atoms with Crippen LogP contribution in [-0.4, -0.2) is 56.9 Å². The van der Waals surface area contributed by atoms with E-state index in [1.165, 1.54) is 0 Å². The van der Waals surface area contributed by atoms with Crippen LogP contribution in [0.15, 0.2) is 0 Å². The molecule has 5 heteroatoms. The predicted molar refractivity (Wildman–Crippen MR) is 58.6 cm³/mol. The lowest BCUT2D eigenvalue weighted by atomic mass is 10.0. The van der Waals surface area contributed by atoms with Gasteiger partial charge in [-0.3, -0.25) is 4.79 Å². The molecule has 0 spiro atoms. The number of nitrogens with zero attached hydrogens (tertiary/aromatic N) is 1. The molecule has 90 valence electrons. The number of carbonyl (C=O) groups is 1. The fraction of sp³-hybridized carbons (Fsp3) is 0.900. The summed E-state index contributed by atoms with van der Waals surface area (Å²) in [4.78, 5) is 13.4. The number of likely N-dealkylation sites (N-methyl/N-ethyl adjacent to an activating group) is 1. The molecule has 15 heavy (non-hydrogen) atoms. The first-order valence-corrected chi connectivity index (χ1v) is 5.07. The van der Waals surface area contributed by atoms with Crippen LogP contribution in [0.5, 0.6) is 0 Å². The SMILES string of the molecule is CCOC(=O)C(C)(N)CN(C)CCOC. The molecule has 0 saturated carbocycles. The van der Waals surface area contributed by atoms with Crippen molar-refractivity contribution in [2.75, 3.05) is 40.5 Å². The molecule has 0 amide bonds. The number of nitrogens with two attached hydrogens (primary N) is 1. The molecule has 0 heterocycles. The summed E-state index contributed by atoms with van der Waals surface area (Å²) in [7, 11) is 3.53. The quantitative estimate of drug-likeness (QED) is 0.602. The molecule has 0 bridgehead atoms. The van der Waals surface area contributed by atoms with Crippen LogP contribution in [0.3, 0.4) is 0 Å². The Labute approximate surface area is 91.5 Å². The van der Waals surface area contributed by atoms with Crippen LogP contribution in [0.1, 0.15) is 13.8 Å². The van der Waals surface area contributed by atoms with Gasteiger partial charge in [0, 0.05) is 20.2 Å². The van der Waals surface area contributed by atoms with E-state index in [1.54, 1.807) is 21.0 Å². The third-order valence-corrected chi connectivity index (χ3v) is 2.02. The van der Waals surface area contributed by atoms with Gasteiger partial charge in [-0.15, -0.1) is 0 Å². The van der Waals surface area contributed by atoms with E-state index in [0.29, 0.717) is 19.8 Å². The van der Waals surface area contributed by atoms with Gasteiger partial charge in [0.15, 0.2) is 0 Å². The summed E-state index contributed by atoms with van der Waals surface area (Å²) in [6, 6.07) is 0. The Morgan fingerprint density at radius 2 is 2.13 bits per heavy atom. The molecule has 0 rings (SSSR count). The van der Waals surface area contributed by atoms with Crippen molar-refractivity contribution in [1.29, 1.82) is 0 Å². The lowest BCUT2D eigenvalue weighted by Crippen LogP contribution is -2.54. The second kappa shape index (κ2) is 6.76. The normalized spacial score (nSPS) is 15.1. The number of hydrogen-bond acceptors (Lipinski definition) is 5. The van der Waals surface area contributed by atoms with Crippen molar-refractivity contribution in [3.63, 3.8) is 0 Å². The highest BCUT2D eigenvalue weighted by Gasteiger charge is 2.31. The number of hydrogen-bond donors (Lipinski definition) is 1. The number of methoxy groups -OCH3 is 1. The Bertz CT molecular complexity index is 195. The molecule has 5 nitrogen and oxygen atoms in total. The van der Waals surface area contributed by atoms with Gasteiger partial charge < -0.3 is 20.1 Å². The standard InChI is InChI=1S/C10H22N2O3/c1-5-15-9(13)10(2,11)8-12(3)6-7-14-4/h5-8,11H2,1-4H3. The van der Waals surface area contributed by atoms with Gasteiger partial charge in [0.05, 0.1) is 13.2 Å². The zero-order chi connectivity index (χ0) is 11.9. The van der Waals surface area contributed by atoms with Crippen LogP contribution in [0.25, 0.3) is 0 Å². The lowest BCUT2D eigenvalue weighted by molar-refractivity contribution is -0.149. The fourth-order valence-electron chi connectivity index (χ4n) is 1.25. The van der Waals surface area contributed by atoms with Crippen molar-refractivity contribution < 1.29 is 14.3 Å². The van der Waals surface area contributed by atoms with Gasteiger partial charge in [-0.05, 0) is 20.9 Å². The van der Waals surface area contributed by atoms with Gasteiger partial charge in [-0.25, -0.2) is 0 Å². The van der Waals surface area contributed by atoms with Crippen LogP contribution in [0, 0.1) is 0 Å². The van der Waals surface area contributed by atoms with Gasteiger partial charge in [0.25, 0.3) is 0 Å². The number of ether oxygens (including phenoxy) is 2. The van der Waals surface area contributed by atoms with Crippen LogP contribution in [0.4, 0.5) is 0 Å². The first-order valence-electron chi connectivity index (χ1n) is 5.07. The molecule has 0 aliphatic rings. The predicted octanol–water partition coefficient (Wildman–Crippen LogP) is -0.155. The average Bonchev–Trinajstić information content (AvgIpc) is 2.14. The van der Waals surface area contributed by atoms with Gasteiger partial charge in [-0.2, -0.15) is 0 Å². The number of rotatable bonds is 7. The topological polar surface area (TPSA) is 64.8 Å². The molecule has 0 saturated heterocycles. The van der Waals surface area contributed by atoms with Crippen molar-refractivity contribution in [1.82, 2.24) is 4.90 Å². The fourth-order valence-corrected chi connectivity index (χ4v) is 1.25. The molecule has 0 radical (unpaired) electrons. The first-order chi connectivity index (χ1) is 6.94. The van der Waals surface area contributed by atoms with Gasteiger partial charge in [0.2, 0.25) is 0 Å². The van der Waals surface area contributed by atoms with E-state index < -0.39 is 5.54 Å².